The van der Waals surface area contributed by atoms with Gasteiger partial charge in [0.15, 0.2) is 0 Å². The van der Waals surface area contributed by atoms with Crippen molar-refractivity contribution in [1.82, 2.24) is 10.2 Å². The van der Waals surface area contributed by atoms with Crippen LogP contribution in [0.25, 0.3) is 0 Å². The molecular weight excluding hydrogens is 431 g/mol. The number of carbonyl (C=O) groups excluding carboxylic acids is 1. The molecule has 0 aromatic heterocycles. The Hall–Kier alpha value is -3.08. The van der Waals surface area contributed by atoms with E-state index in [1.807, 2.05) is 4.90 Å². The lowest BCUT2D eigenvalue weighted by Gasteiger charge is -2.35. The Balaban J connectivity index is 1.50. The van der Waals surface area contributed by atoms with E-state index in [1.165, 1.54) is 18.2 Å². The summed E-state index contributed by atoms with van der Waals surface area (Å²) in [5.41, 5.74) is 1.48. The van der Waals surface area contributed by atoms with E-state index in [2.05, 4.69) is 10.2 Å². The maximum Gasteiger partial charge on any atom is 0.293 e. The Labute approximate surface area is 191 Å². The average Bonchev–Trinajstić information content (AvgIpc) is 2.86. The maximum absolute atomic E-state index is 13.4. The number of hydrogen-bond acceptors (Lipinski definition) is 7. The maximum atomic E-state index is 13.4. The first-order valence-electron chi connectivity index (χ1n) is 11.0. The Kier molecular flexibility index (Phi) is 7.48. The quantitative estimate of drug-likeness (QED) is 0.503. The van der Waals surface area contributed by atoms with Gasteiger partial charge in [-0.05, 0) is 29.8 Å². The molecule has 2 aromatic rings. The number of nitro benzene ring substituents is 1. The Bertz CT molecular complexity index is 975. The number of amides is 1. The van der Waals surface area contributed by atoms with Gasteiger partial charge in [0.1, 0.15) is 11.5 Å². The number of hydrogen-bond donors (Lipinski definition) is 1. The third-order valence-corrected chi connectivity index (χ3v) is 5.98. The van der Waals surface area contributed by atoms with Crippen LogP contribution in [-0.4, -0.2) is 74.9 Å². The normalized spacial score (nSPS) is 18.0. The summed E-state index contributed by atoms with van der Waals surface area (Å²) < 4.78 is 24.2. The minimum atomic E-state index is -0.462. The topological polar surface area (TPSA) is 97.2 Å². The predicted molar refractivity (Wildman–Crippen MR) is 120 cm³/mol. The van der Waals surface area contributed by atoms with Gasteiger partial charge >= 0.3 is 0 Å². The molecular formula is C23H27FN4O5. The number of rotatable bonds is 7. The minimum absolute atomic E-state index is 0.104. The van der Waals surface area contributed by atoms with Gasteiger partial charge in [-0.25, -0.2) is 4.39 Å². The molecule has 0 radical (unpaired) electrons. The standard InChI is InChI=1S/C23H27FN4O5/c24-19-4-1-17(2-5-19)22(27-9-13-33-14-10-27)16-25-23(29)18-3-6-20(21(15-18)28(30)31)26-7-11-32-12-8-26/h1-6,15,22H,7-14,16H2,(H,25,29). The van der Waals surface area contributed by atoms with E-state index in [4.69, 9.17) is 9.47 Å². The summed E-state index contributed by atoms with van der Waals surface area (Å²) in [6, 6.07) is 10.6. The molecule has 1 N–H and O–H groups in total. The summed E-state index contributed by atoms with van der Waals surface area (Å²) in [5.74, 6) is -0.719. The van der Waals surface area contributed by atoms with Crippen LogP contribution in [0.2, 0.25) is 0 Å². The van der Waals surface area contributed by atoms with Gasteiger partial charge in [-0.1, -0.05) is 12.1 Å². The van der Waals surface area contributed by atoms with E-state index < -0.39 is 10.8 Å². The van der Waals surface area contributed by atoms with Crippen LogP contribution in [0.1, 0.15) is 22.0 Å². The molecule has 0 bridgehead atoms. The van der Waals surface area contributed by atoms with Crippen LogP contribution in [0.4, 0.5) is 15.8 Å². The van der Waals surface area contributed by atoms with E-state index in [0.717, 1.165) is 5.56 Å². The average molecular weight is 458 g/mol. The van der Waals surface area contributed by atoms with E-state index in [1.54, 1.807) is 24.3 Å². The predicted octanol–water partition coefficient (Wildman–Crippen LogP) is 2.37. The van der Waals surface area contributed by atoms with Gasteiger partial charge in [-0.15, -0.1) is 0 Å². The largest absolute Gasteiger partial charge is 0.379 e. The van der Waals surface area contributed by atoms with Crippen LogP contribution in [0, 0.1) is 15.9 Å². The molecule has 2 saturated heterocycles. The molecule has 1 amide bonds. The summed E-state index contributed by atoms with van der Waals surface area (Å²) in [6.45, 7) is 4.97. The third-order valence-electron chi connectivity index (χ3n) is 5.98. The van der Waals surface area contributed by atoms with E-state index in [9.17, 15) is 19.3 Å². The highest BCUT2D eigenvalue weighted by Gasteiger charge is 2.26. The number of nitro groups is 1. The first-order chi connectivity index (χ1) is 16.0. The van der Waals surface area contributed by atoms with Crippen molar-refractivity contribution in [3.8, 4) is 0 Å². The number of anilines is 1. The third kappa shape index (κ3) is 5.65. The van der Waals surface area contributed by atoms with Gasteiger partial charge in [0.25, 0.3) is 11.6 Å². The number of nitrogens with one attached hydrogen (secondary N) is 1. The molecule has 9 nitrogen and oxygen atoms in total. The number of benzene rings is 2. The van der Waals surface area contributed by atoms with Crippen molar-refractivity contribution in [2.24, 2.45) is 0 Å². The lowest BCUT2D eigenvalue weighted by molar-refractivity contribution is -0.384. The van der Waals surface area contributed by atoms with Crippen molar-refractivity contribution < 1.29 is 23.6 Å². The van der Waals surface area contributed by atoms with Crippen LogP contribution in [0.15, 0.2) is 42.5 Å². The molecule has 176 valence electrons. The summed E-state index contributed by atoms with van der Waals surface area (Å²) in [5, 5.41) is 14.6. The lowest BCUT2D eigenvalue weighted by Crippen LogP contribution is -2.43. The van der Waals surface area contributed by atoms with Crippen LogP contribution >= 0.6 is 0 Å². The van der Waals surface area contributed by atoms with E-state index >= 15 is 0 Å². The molecule has 2 aliphatic rings. The van der Waals surface area contributed by atoms with Crippen molar-refractivity contribution >= 4 is 17.3 Å². The van der Waals surface area contributed by atoms with Crippen LogP contribution < -0.4 is 10.2 Å². The van der Waals surface area contributed by atoms with Gasteiger partial charge in [0, 0.05) is 44.4 Å². The zero-order valence-electron chi connectivity index (χ0n) is 18.2. The molecule has 2 fully saturated rings. The molecule has 0 aliphatic carbocycles. The molecule has 1 unspecified atom stereocenters. The van der Waals surface area contributed by atoms with Gasteiger partial charge < -0.3 is 19.7 Å². The fraction of sp³-hybridized carbons (Fsp3) is 0.435. The van der Waals surface area contributed by atoms with Crippen LogP contribution in [-0.2, 0) is 9.47 Å². The van der Waals surface area contributed by atoms with Gasteiger partial charge in [-0.3, -0.25) is 19.8 Å². The Morgan fingerprint density at radius 1 is 1.03 bits per heavy atom. The molecule has 2 aliphatic heterocycles. The number of morpholine rings is 2. The summed E-state index contributed by atoms with van der Waals surface area (Å²) in [7, 11) is 0. The molecule has 2 aromatic carbocycles. The number of carbonyl (C=O) groups is 1. The first kappa shape index (κ1) is 23.1. The van der Waals surface area contributed by atoms with Gasteiger partial charge in [-0.2, -0.15) is 0 Å². The van der Waals surface area contributed by atoms with Gasteiger partial charge in [0.2, 0.25) is 0 Å². The zero-order chi connectivity index (χ0) is 23.2. The lowest BCUT2D eigenvalue weighted by atomic mass is 10.0. The summed E-state index contributed by atoms with van der Waals surface area (Å²) in [4.78, 5) is 28.2. The van der Waals surface area contributed by atoms with Crippen molar-refractivity contribution in [2.45, 2.75) is 6.04 Å². The molecule has 0 spiro atoms. The first-order valence-corrected chi connectivity index (χ1v) is 11.0. The summed E-state index contributed by atoms with van der Waals surface area (Å²) in [6.07, 6.45) is 0. The second-order valence-corrected chi connectivity index (χ2v) is 7.99. The second-order valence-electron chi connectivity index (χ2n) is 7.99. The van der Waals surface area contributed by atoms with E-state index in [0.29, 0.717) is 58.3 Å². The fourth-order valence-corrected chi connectivity index (χ4v) is 4.21. The highest BCUT2D eigenvalue weighted by Crippen LogP contribution is 2.30. The number of halogens is 1. The molecule has 10 heteroatoms. The smallest absolute Gasteiger partial charge is 0.293 e. The molecule has 1 atom stereocenters. The van der Waals surface area contributed by atoms with Crippen LogP contribution in [0.5, 0.6) is 0 Å². The fourth-order valence-electron chi connectivity index (χ4n) is 4.21. The molecule has 33 heavy (non-hydrogen) atoms. The number of nitrogens with zero attached hydrogens (tertiary/aromatic N) is 3. The Morgan fingerprint density at radius 2 is 1.67 bits per heavy atom. The molecule has 0 saturated carbocycles. The molecule has 4 rings (SSSR count). The van der Waals surface area contributed by atoms with E-state index in [-0.39, 0.29) is 29.7 Å². The highest BCUT2D eigenvalue weighted by atomic mass is 19.1. The minimum Gasteiger partial charge on any atom is -0.379 e. The van der Waals surface area contributed by atoms with Crippen molar-refractivity contribution in [2.75, 3.05) is 64.1 Å². The van der Waals surface area contributed by atoms with Crippen molar-refractivity contribution in [3.05, 3.63) is 69.5 Å². The Morgan fingerprint density at radius 3 is 2.30 bits per heavy atom. The second kappa shape index (κ2) is 10.7. The zero-order valence-corrected chi connectivity index (χ0v) is 18.2. The molecule has 2 heterocycles. The van der Waals surface area contributed by atoms with Gasteiger partial charge in [0.05, 0.1) is 37.4 Å². The van der Waals surface area contributed by atoms with Crippen LogP contribution in [0.3, 0.4) is 0 Å². The highest BCUT2D eigenvalue weighted by molar-refractivity contribution is 5.95. The monoisotopic (exact) mass is 458 g/mol. The summed E-state index contributed by atoms with van der Waals surface area (Å²) >= 11 is 0. The van der Waals surface area contributed by atoms with Crippen molar-refractivity contribution in [1.29, 1.82) is 0 Å². The SMILES string of the molecule is O=C(NCC(c1ccc(F)cc1)N1CCOCC1)c1ccc(N2CCOCC2)c([N+](=O)[O-])c1. The number of ether oxygens (including phenoxy) is 2. The van der Waals surface area contributed by atoms with Crippen molar-refractivity contribution in [3.63, 3.8) is 0 Å².